The van der Waals surface area contributed by atoms with E-state index in [1.54, 1.807) is 17.0 Å². The molecule has 1 heterocycles. The van der Waals surface area contributed by atoms with Crippen molar-refractivity contribution in [1.82, 2.24) is 14.1 Å². The second-order valence-corrected chi connectivity index (χ2v) is 10.3. The fourth-order valence-electron chi connectivity index (χ4n) is 3.81. The zero-order chi connectivity index (χ0) is 24.2. The molecule has 0 saturated carbocycles. The van der Waals surface area contributed by atoms with Gasteiger partial charge >= 0.3 is 0 Å². The molecule has 0 bridgehead atoms. The molecule has 1 saturated heterocycles. The number of rotatable bonds is 8. The number of hydrogen-bond donors (Lipinski definition) is 0. The van der Waals surface area contributed by atoms with Crippen molar-refractivity contribution in [1.29, 1.82) is 0 Å². The normalized spacial score (nSPS) is 15.7. The van der Waals surface area contributed by atoms with Crippen LogP contribution in [0.1, 0.15) is 18.4 Å². The summed E-state index contributed by atoms with van der Waals surface area (Å²) in [4.78, 5) is 16.2. The van der Waals surface area contributed by atoms with Crippen molar-refractivity contribution < 1.29 is 26.4 Å². The average Bonchev–Trinajstić information content (AvgIpc) is 2.79. The number of nitrogens with zero attached hydrogens (tertiary/aromatic N) is 3. The second-order valence-electron chi connectivity index (χ2n) is 8.44. The number of hydrogen-bond acceptors (Lipinski definition) is 4. The SMILES string of the molecule is CN(C)CCN(Cc1ccc(F)cc1)C(=O)C1CCN(S(=O)(=O)c2cc(F)ccc2F)CC1. The number of likely N-dealkylation sites (N-methyl/N-ethyl adjacent to an activating group) is 1. The molecule has 10 heteroatoms. The fraction of sp³-hybridized carbons (Fsp3) is 0.435. The highest BCUT2D eigenvalue weighted by Crippen LogP contribution is 2.27. The molecular formula is C23H28F3N3O3S. The number of sulfonamides is 1. The molecule has 0 N–H and O–H groups in total. The summed E-state index contributed by atoms with van der Waals surface area (Å²) in [7, 11) is -0.411. The van der Waals surface area contributed by atoms with Crippen molar-refractivity contribution in [2.24, 2.45) is 5.92 Å². The Kier molecular flexibility index (Phi) is 8.14. The van der Waals surface area contributed by atoms with Crippen molar-refractivity contribution in [3.8, 4) is 0 Å². The van der Waals surface area contributed by atoms with E-state index in [-0.39, 0.29) is 37.7 Å². The standard InChI is InChI=1S/C23H28F3N3O3S/c1-27(2)13-14-28(16-17-3-5-19(24)6-4-17)23(30)18-9-11-29(12-10-18)33(31,32)22-15-20(25)7-8-21(22)26/h3-8,15,18H,9-14,16H2,1-2H3. The molecule has 0 radical (unpaired) electrons. The zero-order valence-electron chi connectivity index (χ0n) is 18.7. The van der Waals surface area contributed by atoms with E-state index in [4.69, 9.17) is 0 Å². The van der Waals surface area contributed by atoms with Crippen LogP contribution < -0.4 is 0 Å². The third-order valence-corrected chi connectivity index (χ3v) is 7.64. The Morgan fingerprint density at radius 2 is 1.58 bits per heavy atom. The lowest BCUT2D eigenvalue weighted by Gasteiger charge is -2.34. The molecule has 180 valence electrons. The first-order valence-corrected chi connectivity index (χ1v) is 12.1. The van der Waals surface area contributed by atoms with Gasteiger partial charge in [-0.25, -0.2) is 21.6 Å². The molecular weight excluding hydrogens is 455 g/mol. The summed E-state index contributed by atoms with van der Waals surface area (Å²) < 4.78 is 67.5. The number of piperidine rings is 1. The van der Waals surface area contributed by atoms with Gasteiger partial charge in [0.2, 0.25) is 15.9 Å². The quantitative estimate of drug-likeness (QED) is 0.579. The summed E-state index contributed by atoms with van der Waals surface area (Å²) in [6, 6.07) is 8.28. The zero-order valence-corrected chi connectivity index (χ0v) is 19.5. The summed E-state index contributed by atoms with van der Waals surface area (Å²) >= 11 is 0. The lowest BCUT2D eigenvalue weighted by Crippen LogP contribution is -2.45. The van der Waals surface area contributed by atoms with Crippen LogP contribution in [0.5, 0.6) is 0 Å². The third-order valence-electron chi connectivity index (χ3n) is 5.73. The Morgan fingerprint density at radius 1 is 0.970 bits per heavy atom. The molecule has 1 aliphatic rings. The van der Waals surface area contributed by atoms with Gasteiger partial charge in [-0.1, -0.05) is 12.1 Å². The maximum absolute atomic E-state index is 14.1. The van der Waals surface area contributed by atoms with E-state index in [1.807, 2.05) is 19.0 Å². The van der Waals surface area contributed by atoms with E-state index < -0.39 is 32.5 Å². The van der Waals surface area contributed by atoms with E-state index in [1.165, 1.54) is 12.1 Å². The average molecular weight is 484 g/mol. The van der Waals surface area contributed by atoms with Crippen LogP contribution in [-0.2, 0) is 21.4 Å². The van der Waals surface area contributed by atoms with Crippen LogP contribution in [0.15, 0.2) is 47.4 Å². The third kappa shape index (κ3) is 6.33. The van der Waals surface area contributed by atoms with Crippen LogP contribution in [-0.4, -0.2) is 68.7 Å². The monoisotopic (exact) mass is 483 g/mol. The summed E-state index contributed by atoms with van der Waals surface area (Å²) in [5.41, 5.74) is 0.796. The fourth-order valence-corrected chi connectivity index (χ4v) is 5.36. The van der Waals surface area contributed by atoms with E-state index in [0.29, 0.717) is 25.7 Å². The summed E-state index contributed by atoms with van der Waals surface area (Å²) in [5.74, 6) is -2.69. The minimum Gasteiger partial charge on any atom is -0.337 e. The molecule has 1 amide bonds. The van der Waals surface area contributed by atoms with Gasteiger partial charge in [0, 0.05) is 38.6 Å². The summed E-state index contributed by atoms with van der Waals surface area (Å²) in [6.45, 7) is 1.49. The van der Waals surface area contributed by atoms with Gasteiger partial charge < -0.3 is 9.80 Å². The molecule has 6 nitrogen and oxygen atoms in total. The van der Waals surface area contributed by atoms with Gasteiger partial charge in [0.25, 0.3) is 0 Å². The molecule has 0 aromatic heterocycles. The minimum absolute atomic E-state index is 0.0345. The maximum atomic E-state index is 14.1. The van der Waals surface area contributed by atoms with Crippen LogP contribution in [0, 0.1) is 23.4 Å². The molecule has 2 aromatic rings. The summed E-state index contributed by atoms with van der Waals surface area (Å²) in [6.07, 6.45) is 0.549. The number of amides is 1. The maximum Gasteiger partial charge on any atom is 0.246 e. The van der Waals surface area contributed by atoms with E-state index in [2.05, 4.69) is 0 Å². The molecule has 3 rings (SSSR count). The highest BCUT2D eigenvalue weighted by Gasteiger charge is 2.35. The largest absolute Gasteiger partial charge is 0.337 e. The number of carbonyl (C=O) groups is 1. The summed E-state index contributed by atoms with van der Waals surface area (Å²) in [5, 5.41) is 0. The molecule has 0 aliphatic carbocycles. The first-order valence-electron chi connectivity index (χ1n) is 10.7. The van der Waals surface area contributed by atoms with Crippen molar-refractivity contribution >= 4 is 15.9 Å². The van der Waals surface area contributed by atoms with Crippen LogP contribution in [0.2, 0.25) is 0 Å². The van der Waals surface area contributed by atoms with Crippen molar-refractivity contribution in [2.45, 2.75) is 24.3 Å². The van der Waals surface area contributed by atoms with E-state index in [9.17, 15) is 26.4 Å². The van der Waals surface area contributed by atoms with Gasteiger partial charge in [-0.3, -0.25) is 4.79 Å². The molecule has 1 fully saturated rings. The van der Waals surface area contributed by atoms with Gasteiger partial charge in [0.1, 0.15) is 22.3 Å². The number of benzene rings is 2. The first kappa shape index (κ1) is 25.2. The van der Waals surface area contributed by atoms with Gasteiger partial charge in [-0.05, 0) is 62.8 Å². The smallest absolute Gasteiger partial charge is 0.246 e. The lowest BCUT2D eigenvalue weighted by atomic mass is 9.96. The number of halogens is 3. The predicted octanol–water partition coefficient (Wildman–Crippen LogP) is 3.10. The van der Waals surface area contributed by atoms with E-state index in [0.717, 1.165) is 22.0 Å². The van der Waals surface area contributed by atoms with E-state index >= 15 is 0 Å². The molecule has 1 aliphatic heterocycles. The molecule has 0 unspecified atom stereocenters. The van der Waals surface area contributed by atoms with Gasteiger partial charge in [0.15, 0.2) is 0 Å². The van der Waals surface area contributed by atoms with Crippen molar-refractivity contribution in [3.05, 3.63) is 65.5 Å². The molecule has 0 spiro atoms. The highest BCUT2D eigenvalue weighted by molar-refractivity contribution is 7.89. The van der Waals surface area contributed by atoms with Gasteiger partial charge in [0.05, 0.1) is 0 Å². The van der Waals surface area contributed by atoms with Crippen LogP contribution >= 0.6 is 0 Å². The molecule has 0 atom stereocenters. The van der Waals surface area contributed by atoms with Crippen LogP contribution in [0.3, 0.4) is 0 Å². The van der Waals surface area contributed by atoms with Crippen LogP contribution in [0.4, 0.5) is 13.2 Å². The van der Waals surface area contributed by atoms with Crippen LogP contribution in [0.25, 0.3) is 0 Å². The molecule has 2 aromatic carbocycles. The Balaban J connectivity index is 1.69. The highest BCUT2D eigenvalue weighted by atomic mass is 32.2. The predicted molar refractivity (Wildman–Crippen MR) is 118 cm³/mol. The first-order chi connectivity index (χ1) is 15.6. The Morgan fingerprint density at radius 3 is 2.18 bits per heavy atom. The van der Waals surface area contributed by atoms with Crippen molar-refractivity contribution in [2.75, 3.05) is 40.3 Å². The van der Waals surface area contributed by atoms with Gasteiger partial charge in [-0.15, -0.1) is 0 Å². The second kappa shape index (κ2) is 10.7. The molecule has 33 heavy (non-hydrogen) atoms. The Bertz CT molecular complexity index is 1070. The Labute approximate surface area is 192 Å². The number of carbonyl (C=O) groups excluding carboxylic acids is 1. The minimum atomic E-state index is -4.21. The lowest BCUT2D eigenvalue weighted by molar-refractivity contribution is -0.137. The Hall–Kier alpha value is -2.43. The van der Waals surface area contributed by atoms with Gasteiger partial charge in [-0.2, -0.15) is 4.31 Å². The van der Waals surface area contributed by atoms with Crippen molar-refractivity contribution in [3.63, 3.8) is 0 Å². The topological polar surface area (TPSA) is 60.9 Å².